The van der Waals surface area contributed by atoms with Crippen LogP contribution in [-0.2, 0) is 4.74 Å². The lowest BCUT2D eigenvalue weighted by atomic mass is 10.2. The highest BCUT2D eigenvalue weighted by atomic mass is 79.9. The van der Waals surface area contributed by atoms with Gasteiger partial charge < -0.3 is 15.0 Å². The number of nitrogens with one attached hydrogen (secondary N) is 1. The topological polar surface area (TPSA) is 67.3 Å². The molecular formula is C13H21BrN4O2. The second-order valence-corrected chi connectivity index (χ2v) is 6.46. The molecular weight excluding hydrogens is 324 g/mol. The number of hydrogen-bond acceptors (Lipinski definition) is 5. The molecule has 20 heavy (non-hydrogen) atoms. The first-order valence-electron chi connectivity index (χ1n) is 6.36. The van der Waals surface area contributed by atoms with Crippen LogP contribution in [0.15, 0.2) is 16.9 Å². The van der Waals surface area contributed by atoms with E-state index >= 15 is 0 Å². The van der Waals surface area contributed by atoms with Gasteiger partial charge in [0, 0.05) is 32.0 Å². The summed E-state index contributed by atoms with van der Waals surface area (Å²) in [4.78, 5) is 21.9. The molecule has 0 fully saturated rings. The smallest absolute Gasteiger partial charge is 0.407 e. The van der Waals surface area contributed by atoms with Gasteiger partial charge in [0.25, 0.3) is 0 Å². The summed E-state index contributed by atoms with van der Waals surface area (Å²) >= 11 is 3.29. The van der Waals surface area contributed by atoms with Gasteiger partial charge in [-0.2, -0.15) is 0 Å². The minimum Gasteiger partial charge on any atom is -0.444 e. The quantitative estimate of drug-likeness (QED) is 0.909. The molecule has 0 aliphatic carbocycles. The third kappa shape index (κ3) is 5.73. The summed E-state index contributed by atoms with van der Waals surface area (Å²) in [5.41, 5.74) is -0.492. The Morgan fingerprint density at radius 3 is 2.50 bits per heavy atom. The first kappa shape index (κ1) is 16.7. The van der Waals surface area contributed by atoms with E-state index in [9.17, 15) is 4.79 Å². The molecule has 1 rings (SSSR count). The van der Waals surface area contributed by atoms with Gasteiger partial charge in [0.1, 0.15) is 5.60 Å². The van der Waals surface area contributed by atoms with Crippen molar-refractivity contribution >= 4 is 28.0 Å². The summed E-state index contributed by atoms with van der Waals surface area (Å²) in [5, 5.41) is 2.73. The van der Waals surface area contributed by atoms with E-state index in [1.807, 2.05) is 39.6 Å². The van der Waals surface area contributed by atoms with Crippen molar-refractivity contribution in [2.45, 2.75) is 39.3 Å². The molecule has 0 spiro atoms. The van der Waals surface area contributed by atoms with E-state index in [1.165, 1.54) is 0 Å². The third-order valence-corrected chi connectivity index (χ3v) is 2.93. The van der Waals surface area contributed by atoms with Crippen molar-refractivity contribution in [1.82, 2.24) is 15.3 Å². The molecule has 1 heterocycles. The van der Waals surface area contributed by atoms with Gasteiger partial charge >= 0.3 is 6.09 Å². The van der Waals surface area contributed by atoms with E-state index in [4.69, 9.17) is 4.74 Å². The fraction of sp³-hybridized carbons (Fsp3) is 0.615. The fourth-order valence-electron chi connectivity index (χ4n) is 1.37. The van der Waals surface area contributed by atoms with Crippen LogP contribution < -0.4 is 10.2 Å². The van der Waals surface area contributed by atoms with Gasteiger partial charge in [-0.15, -0.1) is 0 Å². The van der Waals surface area contributed by atoms with Crippen molar-refractivity contribution in [1.29, 1.82) is 0 Å². The van der Waals surface area contributed by atoms with E-state index in [2.05, 4.69) is 31.2 Å². The maximum Gasteiger partial charge on any atom is 0.407 e. The largest absolute Gasteiger partial charge is 0.444 e. The van der Waals surface area contributed by atoms with Crippen molar-refractivity contribution in [2.24, 2.45) is 0 Å². The SMILES string of the molecule is C[C@H](CNC(=O)OC(C)(C)C)N(C)c1ncc(Br)cn1. The molecule has 7 heteroatoms. The second-order valence-electron chi connectivity index (χ2n) is 5.54. The molecule has 0 bridgehead atoms. The highest BCUT2D eigenvalue weighted by Gasteiger charge is 2.18. The zero-order valence-corrected chi connectivity index (χ0v) is 14.1. The van der Waals surface area contributed by atoms with Crippen LogP contribution in [0, 0.1) is 0 Å². The van der Waals surface area contributed by atoms with Crippen LogP contribution in [0.5, 0.6) is 0 Å². The predicted octanol–water partition coefficient (Wildman–Crippen LogP) is 2.59. The summed E-state index contributed by atoms with van der Waals surface area (Å²) < 4.78 is 6.01. The van der Waals surface area contributed by atoms with Gasteiger partial charge in [-0.3, -0.25) is 0 Å². The lowest BCUT2D eigenvalue weighted by molar-refractivity contribution is 0.0525. The molecule has 1 atom stereocenters. The molecule has 0 radical (unpaired) electrons. The summed E-state index contributed by atoms with van der Waals surface area (Å²) in [6.45, 7) is 7.92. The van der Waals surface area contributed by atoms with Crippen LogP contribution >= 0.6 is 15.9 Å². The average molecular weight is 345 g/mol. The summed E-state index contributed by atoms with van der Waals surface area (Å²) in [7, 11) is 1.88. The zero-order chi connectivity index (χ0) is 15.3. The molecule has 1 N–H and O–H groups in total. The van der Waals surface area contributed by atoms with Gasteiger partial charge in [-0.1, -0.05) is 0 Å². The number of ether oxygens (including phenoxy) is 1. The number of nitrogens with zero attached hydrogens (tertiary/aromatic N) is 3. The predicted molar refractivity (Wildman–Crippen MR) is 81.8 cm³/mol. The van der Waals surface area contributed by atoms with E-state index < -0.39 is 11.7 Å². The average Bonchev–Trinajstić information content (AvgIpc) is 2.34. The van der Waals surface area contributed by atoms with Crippen LogP contribution in [-0.4, -0.2) is 41.3 Å². The van der Waals surface area contributed by atoms with Crippen molar-refractivity contribution in [3.63, 3.8) is 0 Å². The molecule has 1 aromatic heterocycles. The van der Waals surface area contributed by atoms with E-state index in [-0.39, 0.29) is 6.04 Å². The molecule has 0 aromatic carbocycles. The summed E-state index contributed by atoms with van der Waals surface area (Å²) in [6, 6.07) is 0.0451. The standard InChI is InChI=1S/C13H21BrN4O2/c1-9(6-17-12(19)20-13(2,3)4)18(5)11-15-7-10(14)8-16-11/h7-9H,6H2,1-5H3,(H,17,19)/t9-/m1/s1. The normalized spacial score (nSPS) is 12.7. The van der Waals surface area contributed by atoms with Crippen LogP contribution in [0.25, 0.3) is 0 Å². The number of hydrogen-bond donors (Lipinski definition) is 1. The monoisotopic (exact) mass is 344 g/mol. The highest BCUT2D eigenvalue weighted by molar-refractivity contribution is 9.10. The Balaban J connectivity index is 2.48. The van der Waals surface area contributed by atoms with Gasteiger partial charge in [-0.05, 0) is 43.6 Å². The Morgan fingerprint density at radius 1 is 1.45 bits per heavy atom. The van der Waals surface area contributed by atoms with Crippen LogP contribution in [0.2, 0.25) is 0 Å². The van der Waals surface area contributed by atoms with Crippen LogP contribution in [0.3, 0.4) is 0 Å². The number of carbonyl (C=O) groups is 1. The zero-order valence-electron chi connectivity index (χ0n) is 12.5. The number of anilines is 1. The van der Waals surface area contributed by atoms with Crippen molar-refractivity contribution < 1.29 is 9.53 Å². The number of aromatic nitrogens is 2. The van der Waals surface area contributed by atoms with Crippen LogP contribution in [0.1, 0.15) is 27.7 Å². The molecule has 0 aliphatic heterocycles. The Morgan fingerprint density at radius 2 is 2.00 bits per heavy atom. The molecule has 112 valence electrons. The minimum atomic E-state index is -0.492. The highest BCUT2D eigenvalue weighted by Crippen LogP contribution is 2.12. The Labute approximate surface area is 128 Å². The lowest BCUT2D eigenvalue weighted by Crippen LogP contribution is -2.42. The molecule has 0 aliphatic rings. The van der Waals surface area contributed by atoms with Gasteiger partial charge in [0.2, 0.25) is 5.95 Å². The number of amides is 1. The van der Waals surface area contributed by atoms with E-state index in [1.54, 1.807) is 12.4 Å². The molecule has 1 aromatic rings. The molecule has 1 amide bonds. The second kappa shape index (κ2) is 6.88. The number of likely N-dealkylation sites (N-methyl/N-ethyl adjacent to an activating group) is 1. The summed E-state index contributed by atoms with van der Waals surface area (Å²) in [6.07, 6.45) is 2.95. The number of carbonyl (C=O) groups excluding carboxylic acids is 1. The molecule has 0 unspecified atom stereocenters. The van der Waals surface area contributed by atoms with Gasteiger partial charge in [0.15, 0.2) is 0 Å². The lowest BCUT2D eigenvalue weighted by Gasteiger charge is -2.26. The van der Waals surface area contributed by atoms with Crippen molar-refractivity contribution in [3.05, 3.63) is 16.9 Å². The Kier molecular flexibility index (Phi) is 5.74. The van der Waals surface area contributed by atoms with Crippen molar-refractivity contribution in [3.8, 4) is 0 Å². The number of halogens is 1. The molecule has 0 saturated carbocycles. The van der Waals surface area contributed by atoms with E-state index in [0.717, 1.165) is 4.47 Å². The van der Waals surface area contributed by atoms with Gasteiger partial charge in [-0.25, -0.2) is 14.8 Å². The maximum absolute atomic E-state index is 11.6. The van der Waals surface area contributed by atoms with Gasteiger partial charge in [0.05, 0.1) is 4.47 Å². The summed E-state index contributed by atoms with van der Waals surface area (Å²) in [5.74, 6) is 0.603. The molecule has 0 saturated heterocycles. The molecule has 6 nitrogen and oxygen atoms in total. The number of rotatable bonds is 4. The third-order valence-electron chi connectivity index (χ3n) is 2.52. The van der Waals surface area contributed by atoms with Crippen LogP contribution in [0.4, 0.5) is 10.7 Å². The first-order chi connectivity index (χ1) is 9.19. The Bertz CT molecular complexity index is 445. The van der Waals surface area contributed by atoms with Crippen molar-refractivity contribution in [2.75, 3.05) is 18.5 Å². The maximum atomic E-state index is 11.6. The Hall–Kier alpha value is -1.37. The number of alkyl carbamates (subject to hydrolysis) is 1. The fourth-order valence-corrected chi connectivity index (χ4v) is 1.57. The van der Waals surface area contributed by atoms with E-state index in [0.29, 0.717) is 12.5 Å². The minimum absolute atomic E-state index is 0.0451. The first-order valence-corrected chi connectivity index (χ1v) is 7.15.